The van der Waals surface area contributed by atoms with Crippen molar-refractivity contribution in [3.05, 3.63) is 82.9 Å². The minimum Gasteiger partial charge on any atom is -0.494 e. The van der Waals surface area contributed by atoms with Gasteiger partial charge in [0.1, 0.15) is 11.5 Å². The molecule has 40 heavy (non-hydrogen) atoms. The molecule has 0 amide bonds. The summed E-state index contributed by atoms with van der Waals surface area (Å²) < 4.78 is 88.5. The molecule has 3 aromatic carbocycles. The van der Waals surface area contributed by atoms with Gasteiger partial charge in [-0.05, 0) is 72.5 Å². The van der Waals surface area contributed by atoms with E-state index in [0.717, 1.165) is 38.2 Å². The molecule has 0 atom stereocenters. The molecule has 0 radical (unpaired) electrons. The lowest BCUT2D eigenvalue weighted by Gasteiger charge is -2.37. The van der Waals surface area contributed by atoms with Gasteiger partial charge < -0.3 is 18.9 Å². The van der Waals surface area contributed by atoms with Crippen LogP contribution in [0.15, 0.2) is 60.7 Å². The van der Waals surface area contributed by atoms with Crippen LogP contribution >= 0.6 is 0 Å². The molecule has 2 aliphatic rings. The van der Waals surface area contributed by atoms with Crippen LogP contribution in [-0.4, -0.2) is 39.4 Å². The summed E-state index contributed by atoms with van der Waals surface area (Å²) >= 11 is 0. The summed E-state index contributed by atoms with van der Waals surface area (Å²) in [5.41, 5.74) is 0.767. The Hall–Kier alpha value is -3.61. The van der Waals surface area contributed by atoms with Crippen molar-refractivity contribution >= 4 is 0 Å². The number of fused-ring (bicyclic) bond motifs is 3. The molecule has 210 valence electrons. The number of ether oxygens (including phenoxy) is 4. The van der Waals surface area contributed by atoms with Crippen LogP contribution < -0.4 is 9.47 Å². The van der Waals surface area contributed by atoms with Crippen LogP contribution in [0.4, 0.5) is 22.0 Å². The zero-order valence-electron chi connectivity index (χ0n) is 21.7. The first kappa shape index (κ1) is 27.9. The van der Waals surface area contributed by atoms with Crippen molar-refractivity contribution in [2.45, 2.75) is 32.1 Å². The minimum atomic E-state index is -4.97. The Kier molecular flexibility index (Phi) is 7.76. The van der Waals surface area contributed by atoms with E-state index in [1.807, 2.05) is 0 Å². The van der Waals surface area contributed by atoms with Gasteiger partial charge in [0.15, 0.2) is 0 Å². The zero-order chi connectivity index (χ0) is 28.4. The Morgan fingerprint density at radius 3 is 2.08 bits per heavy atom. The van der Waals surface area contributed by atoms with Crippen molar-refractivity contribution < 1.29 is 40.9 Å². The van der Waals surface area contributed by atoms with Gasteiger partial charge in [-0.2, -0.15) is 8.78 Å². The lowest BCUT2D eigenvalue weighted by molar-refractivity contribution is -0.274. The highest BCUT2D eigenvalue weighted by atomic mass is 19.4. The second-order valence-corrected chi connectivity index (χ2v) is 10.3. The quantitative estimate of drug-likeness (QED) is 0.157. The molecule has 3 aromatic rings. The van der Waals surface area contributed by atoms with Gasteiger partial charge >= 0.3 is 6.36 Å². The average Bonchev–Trinajstić information content (AvgIpc) is 3.11. The molecule has 1 saturated heterocycles. The third kappa shape index (κ3) is 6.40. The first-order valence-electron chi connectivity index (χ1n) is 12.9. The fourth-order valence-corrected chi connectivity index (χ4v) is 4.60. The van der Waals surface area contributed by atoms with Gasteiger partial charge in [0, 0.05) is 34.3 Å². The SMILES string of the molecule is CC1(COCCCCOc2ccc(C#Cc3ccc4c(c3)C(F)(F)c3cc(OC(F)(F)F)ccc3-4)cc2)COC1. The highest BCUT2D eigenvalue weighted by Gasteiger charge is 2.45. The van der Waals surface area contributed by atoms with Crippen molar-refractivity contribution in [3.8, 4) is 34.5 Å². The van der Waals surface area contributed by atoms with Gasteiger partial charge in [0.05, 0.1) is 26.4 Å². The molecule has 0 spiro atoms. The second-order valence-electron chi connectivity index (χ2n) is 10.3. The van der Waals surface area contributed by atoms with Crippen LogP contribution in [0.3, 0.4) is 0 Å². The number of rotatable bonds is 9. The van der Waals surface area contributed by atoms with E-state index >= 15 is 8.78 Å². The highest BCUT2D eigenvalue weighted by Crippen LogP contribution is 2.52. The molecule has 1 aliphatic heterocycles. The van der Waals surface area contributed by atoms with E-state index in [0.29, 0.717) is 36.7 Å². The topological polar surface area (TPSA) is 36.9 Å². The van der Waals surface area contributed by atoms with E-state index in [1.165, 1.54) is 18.2 Å². The summed E-state index contributed by atoms with van der Waals surface area (Å²) in [5.74, 6) is 2.37. The summed E-state index contributed by atoms with van der Waals surface area (Å²) in [5, 5.41) is 0. The average molecular weight is 559 g/mol. The standard InChI is InChI=1S/C31H27F5O4/c1-29(19-38-20-29)18-37-14-2-3-15-39-23-9-6-21(7-10-23)4-5-22-8-12-25-26-13-11-24(40-31(34,35)36)17-28(26)30(32,33)27(25)16-22/h6-13,16-17H,2-3,14-15,18-20H2,1H3. The fourth-order valence-electron chi connectivity index (χ4n) is 4.60. The smallest absolute Gasteiger partial charge is 0.494 e. The van der Waals surface area contributed by atoms with Crippen LogP contribution in [0.2, 0.25) is 0 Å². The highest BCUT2D eigenvalue weighted by molar-refractivity contribution is 5.80. The predicted molar refractivity (Wildman–Crippen MR) is 138 cm³/mol. The van der Waals surface area contributed by atoms with Crippen LogP contribution in [0.5, 0.6) is 11.5 Å². The van der Waals surface area contributed by atoms with Gasteiger partial charge in [0.2, 0.25) is 0 Å². The number of alkyl halides is 5. The summed E-state index contributed by atoms with van der Waals surface area (Å²) in [6.07, 6.45) is -3.21. The van der Waals surface area contributed by atoms with E-state index in [-0.39, 0.29) is 22.1 Å². The van der Waals surface area contributed by atoms with Gasteiger partial charge in [-0.15, -0.1) is 13.2 Å². The zero-order valence-corrected chi connectivity index (χ0v) is 21.7. The van der Waals surface area contributed by atoms with E-state index in [4.69, 9.17) is 14.2 Å². The summed E-state index contributed by atoms with van der Waals surface area (Å²) in [7, 11) is 0. The van der Waals surface area contributed by atoms with Crippen LogP contribution in [-0.2, 0) is 15.4 Å². The Labute approximate surface area is 229 Å². The van der Waals surface area contributed by atoms with Crippen molar-refractivity contribution in [3.63, 3.8) is 0 Å². The Bertz CT molecular complexity index is 1420. The number of halogens is 5. The minimum absolute atomic E-state index is 0.154. The molecule has 0 bridgehead atoms. The molecule has 5 rings (SSSR count). The molecular weight excluding hydrogens is 531 g/mol. The van der Waals surface area contributed by atoms with Crippen molar-refractivity contribution in [2.75, 3.05) is 33.0 Å². The maximum atomic E-state index is 15.2. The van der Waals surface area contributed by atoms with E-state index in [9.17, 15) is 13.2 Å². The number of hydrogen-bond donors (Lipinski definition) is 0. The number of unbranched alkanes of at least 4 members (excludes halogenated alkanes) is 1. The van der Waals surface area contributed by atoms with E-state index in [1.54, 1.807) is 30.3 Å². The largest absolute Gasteiger partial charge is 0.573 e. The van der Waals surface area contributed by atoms with Crippen LogP contribution in [0, 0.1) is 17.3 Å². The monoisotopic (exact) mass is 558 g/mol. The number of hydrogen-bond acceptors (Lipinski definition) is 4. The second kappa shape index (κ2) is 11.1. The molecule has 1 fully saturated rings. The molecule has 9 heteroatoms. The normalized spacial score (nSPS) is 16.2. The van der Waals surface area contributed by atoms with E-state index in [2.05, 4.69) is 23.5 Å². The van der Waals surface area contributed by atoms with Crippen molar-refractivity contribution in [1.29, 1.82) is 0 Å². The first-order valence-corrected chi connectivity index (χ1v) is 12.9. The molecule has 0 saturated carbocycles. The summed E-state index contributed by atoms with van der Waals surface area (Å²) in [4.78, 5) is 0. The molecular formula is C31H27F5O4. The fraction of sp³-hybridized carbons (Fsp3) is 0.355. The Morgan fingerprint density at radius 1 is 0.800 bits per heavy atom. The Morgan fingerprint density at radius 2 is 1.40 bits per heavy atom. The third-order valence-corrected chi connectivity index (χ3v) is 6.72. The van der Waals surface area contributed by atoms with E-state index < -0.39 is 23.6 Å². The lowest BCUT2D eigenvalue weighted by Crippen LogP contribution is -2.43. The number of benzene rings is 3. The molecule has 1 heterocycles. The van der Waals surface area contributed by atoms with Gasteiger partial charge in [-0.1, -0.05) is 30.9 Å². The first-order chi connectivity index (χ1) is 19.0. The van der Waals surface area contributed by atoms with Crippen LogP contribution in [0.1, 0.15) is 42.0 Å². The summed E-state index contributed by atoms with van der Waals surface area (Å²) in [6, 6.07) is 14.5. The van der Waals surface area contributed by atoms with Crippen molar-refractivity contribution in [1.82, 2.24) is 0 Å². The predicted octanol–water partition coefficient (Wildman–Crippen LogP) is 7.32. The van der Waals surface area contributed by atoms with Gasteiger partial charge in [-0.25, -0.2) is 0 Å². The van der Waals surface area contributed by atoms with Gasteiger partial charge in [-0.3, -0.25) is 0 Å². The molecule has 4 nitrogen and oxygen atoms in total. The molecule has 0 N–H and O–H groups in total. The molecule has 0 unspecified atom stereocenters. The maximum absolute atomic E-state index is 15.2. The van der Waals surface area contributed by atoms with Crippen molar-refractivity contribution in [2.24, 2.45) is 5.41 Å². The lowest BCUT2D eigenvalue weighted by atomic mass is 9.90. The molecule has 0 aromatic heterocycles. The van der Waals surface area contributed by atoms with Gasteiger partial charge in [0.25, 0.3) is 5.92 Å². The maximum Gasteiger partial charge on any atom is 0.573 e. The third-order valence-electron chi connectivity index (χ3n) is 6.72. The van der Waals surface area contributed by atoms with Crippen LogP contribution in [0.25, 0.3) is 11.1 Å². The molecule has 1 aliphatic carbocycles. The Balaban J connectivity index is 1.15. The summed E-state index contributed by atoms with van der Waals surface area (Å²) in [6.45, 7) is 5.60.